The van der Waals surface area contributed by atoms with Crippen molar-refractivity contribution >= 4 is 29.0 Å². The number of alkyl halides is 5. The van der Waals surface area contributed by atoms with Gasteiger partial charge in [0.05, 0.1) is 17.2 Å². The van der Waals surface area contributed by atoms with Crippen molar-refractivity contribution in [2.45, 2.75) is 12.1 Å². The van der Waals surface area contributed by atoms with Gasteiger partial charge in [-0.1, -0.05) is 23.2 Å². The van der Waals surface area contributed by atoms with Gasteiger partial charge in [0.2, 0.25) is 5.78 Å². The first-order valence-corrected chi connectivity index (χ1v) is 5.30. The molecule has 0 N–H and O–H groups in total. The van der Waals surface area contributed by atoms with Gasteiger partial charge >= 0.3 is 12.1 Å². The summed E-state index contributed by atoms with van der Waals surface area (Å²) in [5.41, 5.74) is -1.02. The third-order valence-electron chi connectivity index (χ3n) is 2.13. The van der Waals surface area contributed by atoms with Crippen LogP contribution in [0.15, 0.2) is 12.1 Å². The van der Waals surface area contributed by atoms with Crippen LogP contribution in [-0.4, -0.2) is 25.0 Å². The van der Waals surface area contributed by atoms with Gasteiger partial charge in [-0.05, 0) is 12.1 Å². The van der Waals surface area contributed by atoms with Crippen molar-refractivity contribution in [2.75, 3.05) is 7.11 Å². The van der Waals surface area contributed by atoms with Gasteiger partial charge in [0.25, 0.3) is 0 Å². The highest BCUT2D eigenvalue weighted by atomic mass is 35.5. The second kappa shape index (κ2) is 5.13. The minimum Gasteiger partial charge on any atom is -0.495 e. The SMILES string of the molecule is COc1cc(C(=O)C(F)(F)C(F)(F)F)c(Cl)cc1Cl. The highest BCUT2D eigenvalue weighted by Crippen LogP contribution is 2.40. The molecule has 19 heavy (non-hydrogen) atoms. The molecule has 0 atom stereocenters. The molecule has 1 aromatic carbocycles. The zero-order chi connectivity index (χ0) is 15.0. The Morgan fingerprint density at radius 2 is 1.63 bits per heavy atom. The molecule has 0 fully saturated rings. The number of carbonyl (C=O) groups is 1. The van der Waals surface area contributed by atoms with Crippen LogP contribution in [0.4, 0.5) is 22.0 Å². The molecule has 0 saturated heterocycles. The number of Topliss-reactive ketones (excluding diaryl/α,β-unsaturated/α-hetero) is 1. The predicted octanol–water partition coefficient (Wildman–Crippen LogP) is 4.38. The lowest BCUT2D eigenvalue weighted by Gasteiger charge is -2.19. The van der Waals surface area contributed by atoms with Crippen LogP contribution in [0.25, 0.3) is 0 Å². The average Bonchev–Trinajstić information content (AvgIpc) is 2.27. The lowest BCUT2D eigenvalue weighted by molar-refractivity contribution is -0.255. The van der Waals surface area contributed by atoms with Crippen LogP contribution in [-0.2, 0) is 0 Å². The van der Waals surface area contributed by atoms with Gasteiger partial charge in [-0.15, -0.1) is 0 Å². The molecule has 0 aromatic heterocycles. The van der Waals surface area contributed by atoms with Crippen LogP contribution in [0.2, 0.25) is 10.0 Å². The van der Waals surface area contributed by atoms with Crippen molar-refractivity contribution in [1.29, 1.82) is 0 Å². The molecule has 2 nitrogen and oxygen atoms in total. The maximum atomic E-state index is 12.9. The van der Waals surface area contributed by atoms with E-state index in [0.717, 1.165) is 13.2 Å². The molecule has 0 aliphatic carbocycles. The number of methoxy groups -OCH3 is 1. The lowest BCUT2D eigenvalue weighted by atomic mass is 10.0. The standard InChI is InChI=1S/C10H5Cl2F5O2/c1-19-7-2-4(5(11)3-6(7)12)8(18)9(13,14)10(15,16)17/h2-3H,1H3. The number of hydrogen-bond donors (Lipinski definition) is 0. The molecule has 9 heteroatoms. The summed E-state index contributed by atoms with van der Waals surface area (Å²) in [6.07, 6.45) is -6.01. The van der Waals surface area contributed by atoms with Crippen LogP contribution in [0.3, 0.4) is 0 Å². The zero-order valence-corrected chi connectivity index (χ0v) is 10.6. The summed E-state index contributed by atoms with van der Waals surface area (Å²) in [4.78, 5) is 11.3. The van der Waals surface area contributed by atoms with E-state index in [0.29, 0.717) is 6.07 Å². The van der Waals surface area contributed by atoms with Crippen molar-refractivity contribution in [3.05, 3.63) is 27.7 Å². The van der Waals surface area contributed by atoms with E-state index < -0.39 is 28.5 Å². The fraction of sp³-hybridized carbons (Fsp3) is 0.300. The monoisotopic (exact) mass is 322 g/mol. The summed E-state index contributed by atoms with van der Waals surface area (Å²) in [5.74, 6) is -8.26. The van der Waals surface area contributed by atoms with E-state index >= 15 is 0 Å². The van der Waals surface area contributed by atoms with Gasteiger partial charge in [-0.3, -0.25) is 4.79 Å². The normalized spacial score (nSPS) is 12.4. The number of carbonyl (C=O) groups excluding carboxylic acids is 1. The smallest absolute Gasteiger partial charge is 0.461 e. The molecule has 0 aliphatic heterocycles. The van der Waals surface area contributed by atoms with Crippen LogP contribution in [0, 0.1) is 0 Å². The number of hydrogen-bond acceptors (Lipinski definition) is 2. The molecule has 1 aromatic rings. The van der Waals surface area contributed by atoms with Crippen molar-refractivity contribution in [2.24, 2.45) is 0 Å². The second-order valence-electron chi connectivity index (χ2n) is 3.37. The van der Waals surface area contributed by atoms with Gasteiger partial charge in [0.1, 0.15) is 5.75 Å². The Morgan fingerprint density at radius 3 is 2.05 bits per heavy atom. The first kappa shape index (κ1) is 16.0. The summed E-state index contributed by atoms with van der Waals surface area (Å²) in [5, 5.41) is -0.751. The van der Waals surface area contributed by atoms with Gasteiger partial charge < -0.3 is 4.74 Å². The fourth-order valence-corrected chi connectivity index (χ4v) is 1.70. The molecule has 0 unspecified atom stereocenters. The lowest BCUT2D eigenvalue weighted by Crippen LogP contribution is -2.44. The molecule has 0 bridgehead atoms. The van der Waals surface area contributed by atoms with E-state index in [1.54, 1.807) is 0 Å². The molecular formula is C10H5Cl2F5O2. The van der Waals surface area contributed by atoms with Crippen LogP contribution < -0.4 is 4.74 Å². The van der Waals surface area contributed by atoms with E-state index in [1.165, 1.54) is 0 Å². The molecule has 1 rings (SSSR count). The zero-order valence-electron chi connectivity index (χ0n) is 9.12. The van der Waals surface area contributed by atoms with Crippen LogP contribution in [0.1, 0.15) is 10.4 Å². The highest BCUT2D eigenvalue weighted by Gasteiger charge is 2.63. The minimum atomic E-state index is -6.01. The van der Waals surface area contributed by atoms with E-state index in [2.05, 4.69) is 4.74 Å². The number of benzene rings is 1. The van der Waals surface area contributed by atoms with Gasteiger partial charge in [-0.2, -0.15) is 22.0 Å². The number of ether oxygens (including phenoxy) is 1. The molecule has 106 valence electrons. The van der Waals surface area contributed by atoms with Crippen molar-refractivity contribution in [3.8, 4) is 5.75 Å². The van der Waals surface area contributed by atoms with Gasteiger partial charge in [0.15, 0.2) is 0 Å². The Hall–Kier alpha value is -1.08. The summed E-state index contributed by atoms with van der Waals surface area (Å²) in [6.45, 7) is 0. The summed E-state index contributed by atoms with van der Waals surface area (Å²) in [6, 6.07) is 1.48. The second-order valence-corrected chi connectivity index (χ2v) is 4.18. The average molecular weight is 323 g/mol. The van der Waals surface area contributed by atoms with E-state index in [-0.39, 0.29) is 10.8 Å². The first-order valence-electron chi connectivity index (χ1n) is 4.54. The first-order chi connectivity index (χ1) is 8.52. The number of ketones is 1. The van der Waals surface area contributed by atoms with Crippen molar-refractivity contribution in [3.63, 3.8) is 0 Å². The largest absolute Gasteiger partial charge is 0.495 e. The van der Waals surface area contributed by atoms with Crippen molar-refractivity contribution < 1.29 is 31.5 Å². The maximum absolute atomic E-state index is 12.9. The van der Waals surface area contributed by atoms with Crippen molar-refractivity contribution in [1.82, 2.24) is 0 Å². The Kier molecular flexibility index (Phi) is 4.31. The molecule has 0 aliphatic rings. The van der Waals surface area contributed by atoms with Crippen LogP contribution >= 0.6 is 23.2 Å². The van der Waals surface area contributed by atoms with E-state index in [9.17, 15) is 26.7 Å². The van der Waals surface area contributed by atoms with E-state index in [4.69, 9.17) is 23.2 Å². The Balaban J connectivity index is 3.35. The minimum absolute atomic E-state index is 0.126. The molecule has 0 saturated carbocycles. The summed E-state index contributed by atoms with van der Waals surface area (Å²) < 4.78 is 66.7. The summed E-state index contributed by atoms with van der Waals surface area (Å²) >= 11 is 11.0. The molecule has 0 heterocycles. The predicted molar refractivity (Wildman–Crippen MR) is 58.3 cm³/mol. The Morgan fingerprint density at radius 1 is 1.11 bits per heavy atom. The number of rotatable bonds is 3. The molecular weight excluding hydrogens is 318 g/mol. The maximum Gasteiger partial charge on any atom is 0.461 e. The molecule has 0 radical (unpaired) electrons. The van der Waals surface area contributed by atoms with Crippen LogP contribution in [0.5, 0.6) is 5.75 Å². The van der Waals surface area contributed by atoms with Gasteiger partial charge in [-0.25, -0.2) is 0 Å². The van der Waals surface area contributed by atoms with E-state index in [1.807, 2.05) is 0 Å². The molecule has 0 spiro atoms. The number of halogens is 7. The third-order valence-corrected chi connectivity index (χ3v) is 2.74. The topological polar surface area (TPSA) is 26.3 Å². The Labute approximate surface area is 114 Å². The highest BCUT2D eigenvalue weighted by molar-refractivity contribution is 6.37. The quantitative estimate of drug-likeness (QED) is 0.609. The molecule has 0 amide bonds. The van der Waals surface area contributed by atoms with Gasteiger partial charge in [0, 0.05) is 5.56 Å². The Bertz CT molecular complexity index is 513. The summed E-state index contributed by atoms with van der Waals surface area (Å²) in [7, 11) is 1.10. The fourth-order valence-electron chi connectivity index (χ4n) is 1.16. The third kappa shape index (κ3) is 2.92.